The first-order valence-corrected chi connectivity index (χ1v) is 5.81. The van der Waals surface area contributed by atoms with Gasteiger partial charge in [0.05, 0.1) is 0 Å². The van der Waals surface area contributed by atoms with Crippen molar-refractivity contribution < 1.29 is 4.79 Å². The van der Waals surface area contributed by atoms with E-state index in [4.69, 9.17) is 0 Å². The van der Waals surface area contributed by atoms with Gasteiger partial charge in [-0.05, 0) is 37.3 Å². The van der Waals surface area contributed by atoms with Crippen LogP contribution in [0, 0.1) is 0 Å². The number of fused-ring (bicyclic) bond motifs is 1. The van der Waals surface area contributed by atoms with E-state index in [-0.39, 0.29) is 0 Å². The summed E-state index contributed by atoms with van der Waals surface area (Å²) < 4.78 is 0. The molecule has 0 bridgehead atoms. The molecule has 0 radical (unpaired) electrons. The summed E-state index contributed by atoms with van der Waals surface area (Å²) in [7, 11) is 0. The van der Waals surface area contributed by atoms with Gasteiger partial charge in [0, 0.05) is 24.7 Å². The van der Waals surface area contributed by atoms with Crippen LogP contribution in [0.4, 0.5) is 0 Å². The van der Waals surface area contributed by atoms with Crippen molar-refractivity contribution >= 4 is 5.78 Å². The third-order valence-electron chi connectivity index (χ3n) is 3.03. The normalized spacial score (nSPS) is 18.3. The molecule has 1 aromatic rings. The SMILES string of the molecule is O=C1CCCCCc2cccnc2CC1. The van der Waals surface area contributed by atoms with Crippen molar-refractivity contribution in [1.82, 2.24) is 4.98 Å². The largest absolute Gasteiger partial charge is 0.300 e. The lowest BCUT2D eigenvalue weighted by molar-refractivity contribution is -0.119. The number of nitrogens with zero attached hydrogens (tertiary/aromatic N) is 1. The molecule has 1 aliphatic carbocycles. The predicted octanol–water partition coefficient (Wildman–Crippen LogP) is 2.70. The Kier molecular flexibility index (Phi) is 3.49. The van der Waals surface area contributed by atoms with E-state index in [0.29, 0.717) is 12.2 Å². The molecule has 15 heavy (non-hydrogen) atoms. The molecule has 0 aliphatic heterocycles. The summed E-state index contributed by atoms with van der Waals surface area (Å²) in [4.78, 5) is 15.9. The fourth-order valence-corrected chi connectivity index (χ4v) is 2.12. The summed E-state index contributed by atoms with van der Waals surface area (Å²) in [5, 5.41) is 0. The van der Waals surface area contributed by atoms with E-state index < -0.39 is 0 Å². The Morgan fingerprint density at radius 3 is 2.80 bits per heavy atom. The second kappa shape index (κ2) is 5.06. The molecule has 2 nitrogen and oxygen atoms in total. The lowest BCUT2D eigenvalue weighted by Crippen LogP contribution is -2.06. The molecule has 1 heterocycles. The highest BCUT2D eigenvalue weighted by Crippen LogP contribution is 2.16. The molecule has 0 atom stereocenters. The number of ketones is 1. The lowest BCUT2D eigenvalue weighted by atomic mass is 9.97. The molecular formula is C13H17NO. The van der Waals surface area contributed by atoms with Gasteiger partial charge in [-0.1, -0.05) is 12.5 Å². The third kappa shape index (κ3) is 2.88. The van der Waals surface area contributed by atoms with Crippen LogP contribution in [-0.2, 0) is 17.6 Å². The lowest BCUT2D eigenvalue weighted by Gasteiger charge is -2.10. The Morgan fingerprint density at radius 2 is 1.87 bits per heavy atom. The standard InChI is InChI=1S/C13H17NO/c15-12-7-3-1-2-5-11-6-4-10-14-13(11)9-8-12/h4,6,10H,1-3,5,7-9H2. The van der Waals surface area contributed by atoms with E-state index in [1.807, 2.05) is 12.3 Å². The zero-order chi connectivity index (χ0) is 10.5. The summed E-state index contributed by atoms with van der Waals surface area (Å²) in [6, 6.07) is 4.14. The molecule has 2 heteroatoms. The maximum absolute atomic E-state index is 11.5. The van der Waals surface area contributed by atoms with Gasteiger partial charge in [0.1, 0.15) is 5.78 Å². The molecule has 0 spiro atoms. The predicted molar refractivity (Wildman–Crippen MR) is 59.7 cm³/mol. The van der Waals surface area contributed by atoms with Crippen LogP contribution in [0.2, 0.25) is 0 Å². The van der Waals surface area contributed by atoms with Crippen LogP contribution in [0.25, 0.3) is 0 Å². The number of carbonyl (C=O) groups excluding carboxylic acids is 1. The first-order valence-electron chi connectivity index (χ1n) is 5.81. The molecule has 0 amide bonds. The summed E-state index contributed by atoms with van der Waals surface area (Å²) in [6.45, 7) is 0. The van der Waals surface area contributed by atoms with Crippen molar-refractivity contribution in [3.63, 3.8) is 0 Å². The second-order valence-corrected chi connectivity index (χ2v) is 4.21. The van der Waals surface area contributed by atoms with Crippen LogP contribution in [0.15, 0.2) is 18.3 Å². The van der Waals surface area contributed by atoms with E-state index in [1.165, 1.54) is 18.4 Å². The van der Waals surface area contributed by atoms with Crippen molar-refractivity contribution in [2.24, 2.45) is 0 Å². The van der Waals surface area contributed by atoms with E-state index in [2.05, 4.69) is 11.1 Å². The zero-order valence-electron chi connectivity index (χ0n) is 9.04. The molecule has 0 aromatic carbocycles. The first-order chi connectivity index (χ1) is 7.36. The Bertz CT molecular complexity index is 346. The number of hydrogen-bond donors (Lipinski definition) is 0. The van der Waals surface area contributed by atoms with Crippen molar-refractivity contribution in [1.29, 1.82) is 0 Å². The van der Waals surface area contributed by atoms with E-state index in [0.717, 1.165) is 31.4 Å². The van der Waals surface area contributed by atoms with Gasteiger partial charge in [-0.2, -0.15) is 0 Å². The van der Waals surface area contributed by atoms with Crippen LogP contribution < -0.4 is 0 Å². The second-order valence-electron chi connectivity index (χ2n) is 4.21. The zero-order valence-corrected chi connectivity index (χ0v) is 9.04. The summed E-state index contributed by atoms with van der Waals surface area (Å²) in [5.41, 5.74) is 2.47. The van der Waals surface area contributed by atoms with Crippen LogP contribution in [0.3, 0.4) is 0 Å². The van der Waals surface area contributed by atoms with Gasteiger partial charge in [0.2, 0.25) is 0 Å². The molecule has 0 fully saturated rings. The minimum Gasteiger partial charge on any atom is -0.300 e. The number of carbonyl (C=O) groups is 1. The van der Waals surface area contributed by atoms with Crippen molar-refractivity contribution in [2.75, 3.05) is 0 Å². The van der Waals surface area contributed by atoms with Gasteiger partial charge < -0.3 is 0 Å². The average molecular weight is 203 g/mol. The summed E-state index contributed by atoms with van der Waals surface area (Å²) >= 11 is 0. The fraction of sp³-hybridized carbons (Fsp3) is 0.538. The highest BCUT2D eigenvalue weighted by Gasteiger charge is 2.09. The number of hydrogen-bond acceptors (Lipinski definition) is 2. The quantitative estimate of drug-likeness (QED) is 0.649. The molecule has 0 saturated carbocycles. The first kappa shape index (κ1) is 10.3. The highest BCUT2D eigenvalue weighted by atomic mass is 16.1. The molecule has 2 rings (SSSR count). The smallest absolute Gasteiger partial charge is 0.133 e. The Morgan fingerprint density at radius 1 is 1.00 bits per heavy atom. The van der Waals surface area contributed by atoms with Gasteiger partial charge in [-0.15, -0.1) is 0 Å². The Balaban J connectivity index is 2.15. The molecule has 1 aliphatic rings. The van der Waals surface area contributed by atoms with Gasteiger partial charge >= 0.3 is 0 Å². The van der Waals surface area contributed by atoms with Crippen LogP contribution >= 0.6 is 0 Å². The van der Waals surface area contributed by atoms with Crippen molar-refractivity contribution in [3.8, 4) is 0 Å². The Hall–Kier alpha value is -1.18. The van der Waals surface area contributed by atoms with Gasteiger partial charge in [-0.25, -0.2) is 0 Å². The average Bonchev–Trinajstić information content (AvgIpc) is 2.27. The summed E-state index contributed by atoms with van der Waals surface area (Å²) in [5.74, 6) is 0.397. The molecule has 1 aromatic heterocycles. The number of aromatic nitrogens is 1. The molecule has 0 unspecified atom stereocenters. The van der Waals surface area contributed by atoms with E-state index in [9.17, 15) is 4.79 Å². The number of pyridine rings is 1. The molecule has 0 saturated heterocycles. The van der Waals surface area contributed by atoms with Crippen LogP contribution in [0.1, 0.15) is 43.4 Å². The monoisotopic (exact) mass is 203 g/mol. The highest BCUT2D eigenvalue weighted by molar-refractivity contribution is 5.78. The van der Waals surface area contributed by atoms with Crippen LogP contribution in [-0.4, -0.2) is 10.8 Å². The minimum absolute atomic E-state index is 0.397. The van der Waals surface area contributed by atoms with Gasteiger partial charge in [0.25, 0.3) is 0 Å². The molecule has 0 N–H and O–H groups in total. The van der Waals surface area contributed by atoms with E-state index >= 15 is 0 Å². The van der Waals surface area contributed by atoms with Crippen LogP contribution in [0.5, 0.6) is 0 Å². The molecular weight excluding hydrogens is 186 g/mol. The molecule has 80 valence electrons. The number of Topliss-reactive ketones (excluding diaryl/α,β-unsaturated/α-hetero) is 1. The van der Waals surface area contributed by atoms with Gasteiger partial charge in [0.15, 0.2) is 0 Å². The number of aryl methyl sites for hydroxylation is 2. The van der Waals surface area contributed by atoms with Crippen molar-refractivity contribution in [3.05, 3.63) is 29.6 Å². The van der Waals surface area contributed by atoms with E-state index in [1.54, 1.807) is 0 Å². The maximum atomic E-state index is 11.5. The third-order valence-corrected chi connectivity index (χ3v) is 3.03. The maximum Gasteiger partial charge on any atom is 0.133 e. The van der Waals surface area contributed by atoms with Gasteiger partial charge in [-0.3, -0.25) is 9.78 Å². The summed E-state index contributed by atoms with van der Waals surface area (Å²) in [6.07, 6.45) is 8.63. The minimum atomic E-state index is 0.397. The fourth-order valence-electron chi connectivity index (χ4n) is 2.12. The number of rotatable bonds is 0. The Labute approximate surface area is 90.7 Å². The van der Waals surface area contributed by atoms with Crippen molar-refractivity contribution in [2.45, 2.75) is 44.9 Å². The topological polar surface area (TPSA) is 30.0 Å².